The summed E-state index contributed by atoms with van der Waals surface area (Å²) in [6.45, 7) is 3.62. The minimum absolute atomic E-state index is 0.156. The van der Waals surface area contributed by atoms with Gasteiger partial charge in [0.2, 0.25) is 5.76 Å². The summed E-state index contributed by atoms with van der Waals surface area (Å²) in [6.07, 6.45) is 1.34. The highest BCUT2D eigenvalue weighted by Gasteiger charge is 2.18. The van der Waals surface area contributed by atoms with Gasteiger partial charge in [0.05, 0.1) is 12.4 Å². The maximum absolute atomic E-state index is 11.8. The molecule has 0 aliphatic rings. The molecule has 0 aliphatic heterocycles. The van der Waals surface area contributed by atoms with Gasteiger partial charge in [-0.25, -0.2) is 4.79 Å². The molecule has 2 aromatic rings. The van der Waals surface area contributed by atoms with Gasteiger partial charge >= 0.3 is 5.97 Å². The Bertz CT molecular complexity index is 497. The lowest BCUT2D eigenvalue weighted by Gasteiger charge is -2.07. The highest BCUT2D eigenvalue weighted by molar-refractivity contribution is 5.94. The quantitative estimate of drug-likeness (QED) is 0.757. The fraction of sp³-hybridized carbons (Fsp3) is 0.214. The summed E-state index contributed by atoms with van der Waals surface area (Å²) in [7, 11) is 0. The molecule has 0 radical (unpaired) electrons. The third-order valence-corrected chi connectivity index (χ3v) is 2.28. The van der Waals surface area contributed by atoms with E-state index < -0.39 is 5.97 Å². The average Bonchev–Trinajstić information content (AvgIpc) is 2.78. The van der Waals surface area contributed by atoms with Gasteiger partial charge < -0.3 is 9.15 Å². The number of esters is 1. The molecule has 1 aromatic heterocycles. The van der Waals surface area contributed by atoms with Crippen molar-refractivity contribution in [1.82, 2.24) is 0 Å². The summed E-state index contributed by atoms with van der Waals surface area (Å²) in [5, 5.41) is 0. The molecule has 2 rings (SSSR count). The van der Waals surface area contributed by atoms with Crippen LogP contribution < -0.4 is 0 Å². The smallest absolute Gasteiger partial charge is 0.375 e. The van der Waals surface area contributed by atoms with Crippen LogP contribution in [-0.4, -0.2) is 12.1 Å². The second-order valence-electron chi connectivity index (χ2n) is 3.98. The molecule has 17 heavy (non-hydrogen) atoms. The first-order valence-corrected chi connectivity index (χ1v) is 5.52. The lowest BCUT2D eigenvalue weighted by atomic mass is 10.1. The van der Waals surface area contributed by atoms with Gasteiger partial charge in [0.15, 0.2) is 0 Å². The number of benzene rings is 1. The Kier molecular flexibility index (Phi) is 3.28. The van der Waals surface area contributed by atoms with Crippen LogP contribution in [0.1, 0.15) is 24.4 Å². The fourth-order valence-electron chi connectivity index (χ4n) is 1.58. The standard InChI is InChI=1S/C14H14O3/c1-10(2)17-14(15)13-12(8-9-16-13)11-6-4-3-5-7-11/h3-10H,1-2H3. The van der Waals surface area contributed by atoms with E-state index in [0.717, 1.165) is 11.1 Å². The van der Waals surface area contributed by atoms with Gasteiger partial charge in [-0.15, -0.1) is 0 Å². The minimum Gasteiger partial charge on any atom is -0.457 e. The van der Waals surface area contributed by atoms with E-state index in [9.17, 15) is 4.79 Å². The first kappa shape index (κ1) is 11.5. The zero-order valence-corrected chi connectivity index (χ0v) is 9.84. The molecular weight excluding hydrogens is 216 g/mol. The van der Waals surface area contributed by atoms with Gasteiger partial charge in [-0.3, -0.25) is 0 Å². The Labute approximate surface area is 100 Å². The maximum Gasteiger partial charge on any atom is 0.375 e. The van der Waals surface area contributed by atoms with Gasteiger partial charge in [-0.1, -0.05) is 30.3 Å². The van der Waals surface area contributed by atoms with Gasteiger partial charge in [0, 0.05) is 5.56 Å². The number of ether oxygens (including phenoxy) is 1. The number of hydrogen-bond donors (Lipinski definition) is 0. The fourth-order valence-corrected chi connectivity index (χ4v) is 1.58. The van der Waals surface area contributed by atoms with Crippen LogP contribution in [0.2, 0.25) is 0 Å². The Morgan fingerprint density at radius 2 is 1.88 bits per heavy atom. The first-order valence-electron chi connectivity index (χ1n) is 5.52. The number of hydrogen-bond acceptors (Lipinski definition) is 3. The monoisotopic (exact) mass is 230 g/mol. The van der Waals surface area contributed by atoms with Gasteiger partial charge in [0.25, 0.3) is 0 Å². The second kappa shape index (κ2) is 4.87. The molecule has 1 aromatic carbocycles. The molecule has 0 saturated carbocycles. The van der Waals surface area contributed by atoms with Crippen LogP contribution in [0.5, 0.6) is 0 Å². The predicted octanol–water partition coefficient (Wildman–Crippen LogP) is 3.51. The van der Waals surface area contributed by atoms with E-state index in [2.05, 4.69) is 0 Å². The number of carbonyl (C=O) groups excluding carboxylic acids is 1. The average molecular weight is 230 g/mol. The lowest BCUT2D eigenvalue weighted by molar-refractivity contribution is 0.0342. The van der Waals surface area contributed by atoms with Crippen molar-refractivity contribution in [3.8, 4) is 11.1 Å². The minimum atomic E-state index is -0.427. The van der Waals surface area contributed by atoms with Gasteiger partial charge in [-0.05, 0) is 25.5 Å². The van der Waals surface area contributed by atoms with Crippen molar-refractivity contribution in [3.63, 3.8) is 0 Å². The number of rotatable bonds is 3. The van der Waals surface area contributed by atoms with Crippen LogP contribution in [-0.2, 0) is 4.74 Å². The van der Waals surface area contributed by atoms with Crippen LogP contribution >= 0.6 is 0 Å². The first-order chi connectivity index (χ1) is 8.18. The molecule has 0 amide bonds. The van der Waals surface area contributed by atoms with E-state index in [1.807, 2.05) is 44.2 Å². The van der Waals surface area contributed by atoms with Crippen molar-refractivity contribution in [3.05, 3.63) is 48.4 Å². The molecule has 0 aliphatic carbocycles. The summed E-state index contributed by atoms with van der Waals surface area (Å²) in [5.41, 5.74) is 1.70. The largest absolute Gasteiger partial charge is 0.457 e. The van der Waals surface area contributed by atoms with Crippen LogP contribution in [0.4, 0.5) is 0 Å². The van der Waals surface area contributed by atoms with Crippen molar-refractivity contribution in [2.75, 3.05) is 0 Å². The highest BCUT2D eigenvalue weighted by atomic mass is 16.6. The maximum atomic E-state index is 11.8. The van der Waals surface area contributed by atoms with E-state index in [-0.39, 0.29) is 11.9 Å². The van der Waals surface area contributed by atoms with Crippen LogP contribution in [0, 0.1) is 0 Å². The lowest BCUT2D eigenvalue weighted by Crippen LogP contribution is -2.11. The Balaban J connectivity index is 2.32. The molecule has 0 N–H and O–H groups in total. The van der Waals surface area contributed by atoms with Crippen LogP contribution in [0.3, 0.4) is 0 Å². The summed E-state index contributed by atoms with van der Waals surface area (Å²) in [6, 6.07) is 11.4. The van der Waals surface area contributed by atoms with Crippen LogP contribution in [0.15, 0.2) is 47.1 Å². The molecule has 1 heterocycles. The van der Waals surface area contributed by atoms with Crippen molar-refractivity contribution in [1.29, 1.82) is 0 Å². The Morgan fingerprint density at radius 1 is 1.18 bits per heavy atom. The van der Waals surface area contributed by atoms with E-state index in [4.69, 9.17) is 9.15 Å². The molecular formula is C14H14O3. The molecule has 0 saturated heterocycles. The molecule has 0 unspecified atom stereocenters. The third kappa shape index (κ3) is 2.56. The molecule has 88 valence electrons. The van der Waals surface area contributed by atoms with Crippen molar-refractivity contribution in [2.45, 2.75) is 20.0 Å². The van der Waals surface area contributed by atoms with Crippen LogP contribution in [0.25, 0.3) is 11.1 Å². The molecule has 0 spiro atoms. The van der Waals surface area contributed by atoms with Gasteiger partial charge in [-0.2, -0.15) is 0 Å². The van der Waals surface area contributed by atoms with Crippen molar-refractivity contribution in [2.24, 2.45) is 0 Å². The second-order valence-corrected chi connectivity index (χ2v) is 3.98. The normalized spacial score (nSPS) is 10.5. The summed E-state index contributed by atoms with van der Waals surface area (Å²) in [5.74, 6) is -0.172. The predicted molar refractivity (Wildman–Crippen MR) is 64.7 cm³/mol. The summed E-state index contributed by atoms with van der Waals surface area (Å²) in [4.78, 5) is 11.8. The molecule has 0 bridgehead atoms. The van der Waals surface area contributed by atoms with Gasteiger partial charge in [0.1, 0.15) is 0 Å². The number of carbonyl (C=O) groups is 1. The zero-order valence-electron chi connectivity index (χ0n) is 9.84. The molecule has 0 fully saturated rings. The summed E-state index contributed by atoms with van der Waals surface area (Å²) < 4.78 is 10.3. The molecule has 0 atom stereocenters. The van der Waals surface area contributed by atoms with E-state index in [1.54, 1.807) is 6.07 Å². The third-order valence-electron chi connectivity index (χ3n) is 2.28. The topological polar surface area (TPSA) is 39.4 Å². The van der Waals surface area contributed by atoms with E-state index in [1.165, 1.54) is 6.26 Å². The number of furan rings is 1. The molecule has 3 heteroatoms. The van der Waals surface area contributed by atoms with E-state index in [0.29, 0.717) is 0 Å². The Hall–Kier alpha value is -2.03. The van der Waals surface area contributed by atoms with Crippen molar-refractivity contribution >= 4 is 5.97 Å². The summed E-state index contributed by atoms with van der Waals surface area (Å²) >= 11 is 0. The molecule has 3 nitrogen and oxygen atoms in total. The van der Waals surface area contributed by atoms with Crippen molar-refractivity contribution < 1.29 is 13.9 Å². The Morgan fingerprint density at radius 3 is 2.53 bits per heavy atom. The zero-order chi connectivity index (χ0) is 12.3. The SMILES string of the molecule is CC(C)OC(=O)c1occc1-c1ccccc1. The van der Waals surface area contributed by atoms with E-state index >= 15 is 0 Å². The highest BCUT2D eigenvalue weighted by Crippen LogP contribution is 2.25.